The first kappa shape index (κ1) is 10.4. The van der Waals surface area contributed by atoms with Gasteiger partial charge in [0.05, 0.1) is 25.4 Å². The molecule has 1 aliphatic heterocycles. The summed E-state index contributed by atoms with van der Waals surface area (Å²) in [5.41, 5.74) is 0. The molecule has 0 spiro atoms. The minimum Gasteiger partial charge on any atom is -0.389 e. The van der Waals surface area contributed by atoms with Crippen molar-refractivity contribution in [2.75, 3.05) is 13.2 Å². The van der Waals surface area contributed by atoms with Crippen molar-refractivity contribution >= 4 is 0 Å². The second-order valence-electron chi connectivity index (χ2n) is 4.71. The van der Waals surface area contributed by atoms with Gasteiger partial charge in [0.1, 0.15) is 0 Å². The number of hydrogen-bond donors (Lipinski definition) is 2. The number of nitrogens with one attached hydrogen (secondary N) is 1. The Morgan fingerprint density at radius 2 is 2.00 bits per heavy atom. The second kappa shape index (κ2) is 4.60. The van der Waals surface area contributed by atoms with E-state index in [9.17, 15) is 5.11 Å². The van der Waals surface area contributed by atoms with E-state index in [1.54, 1.807) is 0 Å². The summed E-state index contributed by atoms with van der Waals surface area (Å²) in [7, 11) is 0. The largest absolute Gasteiger partial charge is 0.389 e. The van der Waals surface area contributed by atoms with Gasteiger partial charge in [-0.25, -0.2) is 0 Å². The number of hydrogen-bond acceptors (Lipinski definition) is 3. The van der Waals surface area contributed by atoms with Crippen LogP contribution in [0.15, 0.2) is 0 Å². The molecule has 2 fully saturated rings. The Balaban J connectivity index is 1.78. The zero-order chi connectivity index (χ0) is 9.97. The van der Waals surface area contributed by atoms with Crippen molar-refractivity contribution in [2.24, 2.45) is 5.92 Å². The number of aliphatic hydroxyl groups is 1. The molecule has 1 saturated carbocycles. The fourth-order valence-electron chi connectivity index (χ4n) is 2.63. The molecule has 0 bridgehead atoms. The van der Waals surface area contributed by atoms with Crippen LogP contribution < -0.4 is 5.32 Å². The van der Waals surface area contributed by atoms with Crippen LogP contribution in [0.4, 0.5) is 0 Å². The maximum Gasteiger partial charge on any atom is 0.0948 e. The molecular weight excluding hydrogens is 178 g/mol. The lowest BCUT2D eigenvalue weighted by molar-refractivity contribution is 0.120. The summed E-state index contributed by atoms with van der Waals surface area (Å²) in [6, 6.07) is 0.685. The SMILES string of the molecule is CC(N[C@@H]1COC[C@H]1O)C1CCCC1. The molecule has 14 heavy (non-hydrogen) atoms. The molecule has 1 heterocycles. The van der Waals surface area contributed by atoms with Gasteiger partial charge in [0.25, 0.3) is 0 Å². The molecule has 3 nitrogen and oxygen atoms in total. The average Bonchev–Trinajstić information content (AvgIpc) is 2.77. The third-order valence-corrected chi connectivity index (χ3v) is 3.63. The molecule has 0 aromatic heterocycles. The molecule has 1 aliphatic carbocycles. The summed E-state index contributed by atoms with van der Waals surface area (Å²) < 4.78 is 5.22. The van der Waals surface area contributed by atoms with E-state index in [1.807, 2.05) is 0 Å². The van der Waals surface area contributed by atoms with Gasteiger partial charge in [0, 0.05) is 6.04 Å². The van der Waals surface area contributed by atoms with Gasteiger partial charge < -0.3 is 15.2 Å². The van der Waals surface area contributed by atoms with Crippen LogP contribution in [0.5, 0.6) is 0 Å². The monoisotopic (exact) mass is 199 g/mol. The maximum atomic E-state index is 9.59. The van der Waals surface area contributed by atoms with Gasteiger partial charge in [-0.15, -0.1) is 0 Å². The first-order valence-corrected chi connectivity index (χ1v) is 5.79. The fourth-order valence-corrected chi connectivity index (χ4v) is 2.63. The van der Waals surface area contributed by atoms with Crippen LogP contribution in [0, 0.1) is 5.92 Å². The number of aliphatic hydroxyl groups excluding tert-OH is 1. The molecular formula is C11H21NO2. The van der Waals surface area contributed by atoms with Crippen molar-refractivity contribution < 1.29 is 9.84 Å². The van der Waals surface area contributed by atoms with Gasteiger partial charge >= 0.3 is 0 Å². The molecule has 1 saturated heterocycles. The van der Waals surface area contributed by atoms with Gasteiger partial charge in [-0.1, -0.05) is 12.8 Å². The lowest BCUT2D eigenvalue weighted by atomic mass is 9.98. The van der Waals surface area contributed by atoms with Crippen molar-refractivity contribution in [3.63, 3.8) is 0 Å². The normalized spacial score (nSPS) is 36.4. The second-order valence-corrected chi connectivity index (χ2v) is 4.71. The van der Waals surface area contributed by atoms with Gasteiger partial charge in [0.15, 0.2) is 0 Å². The van der Waals surface area contributed by atoms with E-state index in [0.29, 0.717) is 19.3 Å². The Labute approximate surface area is 85.8 Å². The van der Waals surface area contributed by atoms with E-state index >= 15 is 0 Å². The quantitative estimate of drug-likeness (QED) is 0.710. The third-order valence-electron chi connectivity index (χ3n) is 3.63. The van der Waals surface area contributed by atoms with Crippen molar-refractivity contribution in [1.82, 2.24) is 5.32 Å². The molecule has 2 aliphatic rings. The molecule has 0 aromatic rings. The van der Waals surface area contributed by atoms with E-state index in [4.69, 9.17) is 4.74 Å². The standard InChI is InChI=1S/C11H21NO2/c1-8(9-4-2-3-5-9)12-10-6-14-7-11(10)13/h8-13H,2-7H2,1H3/t8?,10-,11-/m1/s1. The first-order chi connectivity index (χ1) is 6.77. The van der Waals surface area contributed by atoms with E-state index in [-0.39, 0.29) is 12.1 Å². The van der Waals surface area contributed by atoms with Crippen LogP contribution in [0.2, 0.25) is 0 Å². The van der Waals surface area contributed by atoms with E-state index in [2.05, 4.69) is 12.2 Å². The highest BCUT2D eigenvalue weighted by molar-refractivity contribution is 4.86. The lowest BCUT2D eigenvalue weighted by Crippen LogP contribution is -2.46. The predicted molar refractivity (Wildman–Crippen MR) is 55.2 cm³/mol. The summed E-state index contributed by atoms with van der Waals surface area (Å²) in [4.78, 5) is 0. The zero-order valence-electron chi connectivity index (χ0n) is 8.91. The molecule has 1 unspecified atom stereocenters. The van der Waals surface area contributed by atoms with Crippen molar-refractivity contribution in [3.8, 4) is 0 Å². The van der Waals surface area contributed by atoms with Gasteiger partial charge in [-0.05, 0) is 25.7 Å². The summed E-state index contributed by atoms with van der Waals surface area (Å²) in [5.74, 6) is 0.808. The van der Waals surface area contributed by atoms with Crippen LogP contribution in [0.1, 0.15) is 32.6 Å². The van der Waals surface area contributed by atoms with Crippen LogP contribution in [-0.4, -0.2) is 36.5 Å². The molecule has 2 N–H and O–H groups in total. The summed E-state index contributed by atoms with van der Waals surface area (Å²) in [5, 5.41) is 13.1. The fraction of sp³-hybridized carbons (Fsp3) is 1.00. The number of ether oxygens (including phenoxy) is 1. The Hall–Kier alpha value is -0.120. The molecule has 0 amide bonds. The zero-order valence-corrected chi connectivity index (χ0v) is 8.91. The van der Waals surface area contributed by atoms with Crippen LogP contribution in [-0.2, 0) is 4.74 Å². The highest BCUT2D eigenvalue weighted by atomic mass is 16.5. The highest BCUT2D eigenvalue weighted by Gasteiger charge is 2.30. The van der Waals surface area contributed by atoms with E-state index < -0.39 is 0 Å². The Morgan fingerprint density at radius 1 is 1.29 bits per heavy atom. The highest BCUT2D eigenvalue weighted by Crippen LogP contribution is 2.28. The van der Waals surface area contributed by atoms with Crippen LogP contribution >= 0.6 is 0 Å². The molecule has 0 radical (unpaired) electrons. The Kier molecular flexibility index (Phi) is 3.42. The molecule has 82 valence electrons. The van der Waals surface area contributed by atoms with Crippen molar-refractivity contribution in [3.05, 3.63) is 0 Å². The summed E-state index contributed by atoms with van der Waals surface area (Å²) in [6.07, 6.45) is 5.13. The molecule has 3 heteroatoms. The lowest BCUT2D eigenvalue weighted by Gasteiger charge is -2.25. The molecule has 0 aromatic carbocycles. The third kappa shape index (κ3) is 2.27. The van der Waals surface area contributed by atoms with E-state index in [0.717, 1.165) is 5.92 Å². The Morgan fingerprint density at radius 3 is 2.57 bits per heavy atom. The topological polar surface area (TPSA) is 41.5 Å². The Bertz CT molecular complexity index is 180. The average molecular weight is 199 g/mol. The van der Waals surface area contributed by atoms with Crippen molar-refractivity contribution in [2.45, 2.75) is 50.8 Å². The smallest absolute Gasteiger partial charge is 0.0948 e. The van der Waals surface area contributed by atoms with E-state index in [1.165, 1.54) is 25.7 Å². The molecule has 2 rings (SSSR count). The van der Waals surface area contributed by atoms with Gasteiger partial charge in [-0.2, -0.15) is 0 Å². The maximum absolute atomic E-state index is 9.59. The number of rotatable bonds is 3. The van der Waals surface area contributed by atoms with Gasteiger partial charge in [-0.3, -0.25) is 0 Å². The summed E-state index contributed by atoms with van der Waals surface area (Å²) in [6.45, 7) is 3.40. The van der Waals surface area contributed by atoms with Crippen LogP contribution in [0.3, 0.4) is 0 Å². The minimum atomic E-state index is -0.307. The van der Waals surface area contributed by atoms with Crippen LogP contribution in [0.25, 0.3) is 0 Å². The summed E-state index contributed by atoms with van der Waals surface area (Å²) >= 11 is 0. The molecule has 3 atom stereocenters. The van der Waals surface area contributed by atoms with Gasteiger partial charge in [0.2, 0.25) is 0 Å². The predicted octanol–water partition coefficient (Wildman–Crippen LogP) is 0.914. The first-order valence-electron chi connectivity index (χ1n) is 5.79. The van der Waals surface area contributed by atoms with Crippen molar-refractivity contribution in [1.29, 1.82) is 0 Å². The minimum absolute atomic E-state index is 0.158.